The molecule has 2 fully saturated rings. The highest BCUT2D eigenvalue weighted by molar-refractivity contribution is 5.75. The van der Waals surface area contributed by atoms with E-state index in [0.29, 0.717) is 135 Å². The number of piperidine rings is 1. The van der Waals surface area contributed by atoms with Gasteiger partial charge in [-0.15, -0.1) is 0 Å². The van der Waals surface area contributed by atoms with Crippen LogP contribution in [0.1, 0.15) is 210 Å². The summed E-state index contributed by atoms with van der Waals surface area (Å²) in [4.78, 5) is 77.6. The Bertz CT molecular complexity index is 6870. The van der Waals surface area contributed by atoms with E-state index in [0.717, 1.165) is 103 Å². The van der Waals surface area contributed by atoms with Crippen molar-refractivity contribution in [2.45, 2.75) is 194 Å². The third-order valence-corrected chi connectivity index (χ3v) is 28.6. The monoisotopic (exact) mass is 2010 g/mol. The maximum Gasteiger partial charge on any atom is 0.324 e. The number of benzene rings is 5. The summed E-state index contributed by atoms with van der Waals surface area (Å²) in [6, 6.07) is 41.9. The molecule has 40 nitrogen and oxygen atoms in total. The van der Waals surface area contributed by atoms with Crippen LogP contribution >= 0.6 is 0 Å². The highest BCUT2D eigenvalue weighted by Gasteiger charge is 2.48. The molecule has 12 heterocycles. The van der Waals surface area contributed by atoms with Crippen molar-refractivity contribution >= 4 is 41.7 Å². The Kier molecular flexibility index (Phi) is 35.2. The average Bonchev–Trinajstić information content (AvgIpc) is 1.59. The fourth-order valence-electron chi connectivity index (χ4n) is 17.2. The molecule has 1 aliphatic heterocycles. The molecule has 0 spiro atoms. The van der Waals surface area contributed by atoms with Crippen LogP contribution in [0.4, 0.5) is 35.8 Å². The standard InChI is InChI=1S/C23H24N8O2.C23H30N6O2.C21H27N5O3.C21H27N5O2.C20H25N5O2/c1-23(18-7-8-18,17-5-3-14(4-6-17)15-9-26-22(24)27-10-15)21-29-20(33-30-21)16-11-28-31(12-16)13-19(32)25-2;1-15(2)23(4,18-7-5-16(6-8-18)17-13-25-20(24)26-14-17)19-27-21(31-28-19)29-11-9-22(3,30)10-12-29;1-14(2)21(3,19-25-18(29-26-19)13-28-10-9-27-4)17-7-5-15(6-8-17)16-11-23-20(22)24-12-16;1-14(2)21(3,19-25-18(28-26-19)6-5-11-27-4)17-9-7-15(8-10-17)16-12-23-20(22)24-13-16;1-13(2)20(3,18-24-17(27-25-18)5-4-10-26)16-8-6-14(7-9-16)15-11-22-19(21)23-12-15/h3-6,9-12,18H,7-8,13H2,1-2H3,(H,25,32)(H2,24,26,27);5-8,13-15,30H,9-12H2,1-4H3,(H2,24,25,26);5-8,11-12,14H,9-10,13H2,1-4H3,(H2,22,23,24);7-10,12-14H,5-6,11H2,1-4H3,(H2,22,23,24);6-9,11-13,26H,4-5,10H2,1-3H3,(H2,21,22,23)/t2*23-;;;/m00.../s1. The molecule has 11 aromatic heterocycles. The van der Waals surface area contributed by atoms with E-state index in [1.807, 2.05) is 31.2 Å². The zero-order valence-corrected chi connectivity index (χ0v) is 86.9. The number of hydrogen-bond donors (Lipinski definition) is 8. The van der Waals surface area contributed by atoms with Crippen LogP contribution in [0.5, 0.6) is 0 Å². The fraction of sp³-hybridized carbons (Fsp3) is 0.407. The SMILES string of the molecule is CC(C)C(C)(c1ccc(-c2cnc(N)nc2)cc1)c1noc(CCCO)n1.CC(C)[C@@](C)(c1ccc(-c2cnc(N)nc2)cc1)c1noc(N2CCC(C)(O)CC2)n1.CNC(=O)Cn1cc(-c2nc([C@@](C)(c3ccc(-c4cnc(N)nc4)cc3)C3CC3)no2)cn1.COCCCc1nc(C(C)(c2ccc(-c3cnc(N)nc3)cc2)C(C)C)no1.COCCOCc1nc(C(C)(c2ccc(-c3cnc(N)nc3)cc2)C(C)C)no1. The Balaban J connectivity index is 0.000000146. The summed E-state index contributed by atoms with van der Waals surface area (Å²) in [7, 11) is 4.91. The van der Waals surface area contributed by atoms with Crippen LogP contribution in [0.25, 0.3) is 67.1 Å². The zero-order chi connectivity index (χ0) is 106. The highest BCUT2D eigenvalue weighted by atomic mass is 16.5. The number of nitrogens with zero attached hydrogens (tertiary/aromatic N) is 23. The van der Waals surface area contributed by atoms with Gasteiger partial charge in [-0.25, -0.2) is 49.8 Å². The van der Waals surface area contributed by atoms with E-state index in [1.54, 1.807) is 95.6 Å². The number of methoxy groups -OCH3 is 2. The van der Waals surface area contributed by atoms with Gasteiger partial charge < -0.3 is 85.9 Å². The summed E-state index contributed by atoms with van der Waals surface area (Å²) in [5.74, 6) is 7.99. The van der Waals surface area contributed by atoms with Crippen LogP contribution < -0.4 is 38.9 Å². The van der Waals surface area contributed by atoms with Gasteiger partial charge in [-0.05, 0) is 165 Å². The zero-order valence-electron chi connectivity index (χ0n) is 86.9. The molecule has 1 aliphatic carbocycles. The van der Waals surface area contributed by atoms with Gasteiger partial charge in [0.25, 0.3) is 11.8 Å². The lowest BCUT2D eigenvalue weighted by atomic mass is 9.72. The molecule has 776 valence electrons. The third kappa shape index (κ3) is 25.6. The quantitative estimate of drug-likeness (QED) is 0.0169. The predicted octanol–water partition coefficient (Wildman–Crippen LogP) is 15.7. The summed E-state index contributed by atoms with van der Waals surface area (Å²) in [5, 5.41) is 47.5. The first-order valence-electron chi connectivity index (χ1n) is 49.5. The number of nitrogens with two attached hydrogens (primary N) is 5. The molecular weight excluding hydrogens is 1880 g/mol. The lowest BCUT2D eigenvalue weighted by Crippen LogP contribution is -2.42. The van der Waals surface area contributed by atoms with E-state index in [4.69, 9.17) is 80.6 Å². The van der Waals surface area contributed by atoms with Gasteiger partial charge in [-0.2, -0.15) is 30.0 Å². The van der Waals surface area contributed by atoms with Gasteiger partial charge in [0.15, 0.2) is 29.1 Å². The number of amides is 1. The Labute approximate surface area is 860 Å². The molecule has 3 unspecified atom stereocenters. The van der Waals surface area contributed by atoms with Crippen molar-refractivity contribution in [3.63, 3.8) is 0 Å². The highest BCUT2D eigenvalue weighted by Crippen LogP contribution is 2.52. The second-order valence-electron chi connectivity index (χ2n) is 39.4. The molecule has 13 N–H and O–H groups in total. The molecule has 16 aromatic rings. The molecule has 0 radical (unpaired) electrons. The van der Waals surface area contributed by atoms with Gasteiger partial charge in [0, 0.05) is 156 Å². The molecule has 40 heteroatoms. The first-order valence-corrected chi connectivity index (χ1v) is 49.5. The van der Waals surface area contributed by atoms with Crippen LogP contribution in [0, 0.1) is 29.6 Å². The van der Waals surface area contributed by atoms with Crippen LogP contribution in [0.2, 0.25) is 0 Å². The van der Waals surface area contributed by atoms with E-state index >= 15 is 0 Å². The second-order valence-corrected chi connectivity index (χ2v) is 39.4. The van der Waals surface area contributed by atoms with Gasteiger partial charge in [0.05, 0.1) is 57.7 Å². The third-order valence-electron chi connectivity index (χ3n) is 28.6. The second kappa shape index (κ2) is 48.2. The minimum absolute atomic E-state index is 0.107. The maximum absolute atomic E-state index is 11.6. The van der Waals surface area contributed by atoms with Gasteiger partial charge >= 0.3 is 6.01 Å². The molecule has 2 aliphatic rings. The molecule has 5 atom stereocenters. The van der Waals surface area contributed by atoms with Gasteiger partial charge in [0.1, 0.15) is 13.2 Å². The molecule has 5 aromatic carbocycles. The Morgan fingerprint density at radius 3 is 1.09 bits per heavy atom. The number of aryl methyl sites for hydroxylation is 2. The van der Waals surface area contributed by atoms with Crippen molar-refractivity contribution in [2.24, 2.45) is 29.6 Å². The minimum atomic E-state index is -0.622. The smallest absolute Gasteiger partial charge is 0.324 e. The van der Waals surface area contributed by atoms with Crippen LogP contribution in [-0.2, 0) is 72.1 Å². The molecule has 1 saturated carbocycles. The summed E-state index contributed by atoms with van der Waals surface area (Å²) in [6.07, 6.45) is 26.9. The number of nitrogen functional groups attached to an aromatic ring is 5. The number of likely N-dealkylation sites (N-methyl/N-ethyl adjacent to an activating group) is 1. The summed E-state index contributed by atoms with van der Waals surface area (Å²) >= 11 is 0. The molecule has 1 saturated heterocycles. The molecule has 1 amide bonds. The van der Waals surface area contributed by atoms with Gasteiger partial charge in [-0.1, -0.05) is 203 Å². The van der Waals surface area contributed by atoms with E-state index in [2.05, 4.69) is 293 Å². The van der Waals surface area contributed by atoms with E-state index in [-0.39, 0.29) is 89.9 Å². The summed E-state index contributed by atoms with van der Waals surface area (Å²) in [6.45, 7) is 33.4. The molecule has 18 rings (SSSR count). The average molecular weight is 2010 g/mol. The van der Waals surface area contributed by atoms with Crippen molar-refractivity contribution in [3.05, 3.63) is 270 Å². The normalized spacial score (nSPS) is 14.9. The number of aliphatic hydroxyl groups excluding tert-OH is 1. The Hall–Kier alpha value is -15.5. The number of anilines is 6. The Morgan fingerprint density at radius 2 is 0.750 bits per heavy atom. The number of carbonyl (C=O) groups excluding carboxylic acids is 1. The van der Waals surface area contributed by atoms with Crippen molar-refractivity contribution < 1.29 is 51.8 Å². The van der Waals surface area contributed by atoms with E-state index in [9.17, 15) is 9.90 Å². The lowest BCUT2D eigenvalue weighted by Gasteiger charge is -2.34. The molecule has 0 bridgehead atoms. The summed E-state index contributed by atoms with van der Waals surface area (Å²) < 4.78 is 44.6. The number of hydrogen-bond acceptors (Lipinski definition) is 38. The summed E-state index contributed by atoms with van der Waals surface area (Å²) in [5.41, 5.74) is 41.2. The van der Waals surface area contributed by atoms with Crippen molar-refractivity contribution in [2.75, 3.05) is 94.4 Å². The van der Waals surface area contributed by atoms with E-state index < -0.39 is 21.8 Å². The number of aliphatic hydroxyl groups is 2. The lowest BCUT2D eigenvalue weighted by molar-refractivity contribution is -0.121. The minimum Gasteiger partial charge on any atom is -0.396 e. The number of carbonyl (C=O) groups is 1. The van der Waals surface area contributed by atoms with Crippen LogP contribution in [0.15, 0.2) is 218 Å². The fourth-order valence-corrected chi connectivity index (χ4v) is 17.2. The number of nitrogens with one attached hydrogen (secondary N) is 1. The first kappa shape index (κ1) is 108. The molecular formula is C108H133N29O11. The largest absolute Gasteiger partial charge is 0.396 e. The van der Waals surface area contributed by atoms with Crippen molar-refractivity contribution in [1.29, 1.82) is 0 Å². The topological polar surface area (TPSA) is 572 Å². The predicted molar refractivity (Wildman–Crippen MR) is 560 cm³/mol. The van der Waals surface area contributed by atoms with Gasteiger partial charge in [0.2, 0.25) is 47.4 Å². The maximum atomic E-state index is 11.6. The Morgan fingerprint density at radius 1 is 0.419 bits per heavy atom. The van der Waals surface area contributed by atoms with Crippen LogP contribution in [0.3, 0.4) is 0 Å². The van der Waals surface area contributed by atoms with Crippen LogP contribution in [-0.4, -0.2) is 193 Å². The molecule has 148 heavy (non-hydrogen) atoms. The van der Waals surface area contributed by atoms with E-state index in [1.165, 1.54) is 4.68 Å². The van der Waals surface area contributed by atoms with Crippen molar-refractivity contribution in [3.8, 4) is 67.1 Å². The van der Waals surface area contributed by atoms with Gasteiger partial charge in [-0.3, -0.25) is 9.48 Å². The van der Waals surface area contributed by atoms with Crippen molar-refractivity contribution in [1.82, 2.24) is 116 Å². The first-order chi connectivity index (χ1) is 71.0. The number of aromatic nitrogens is 22. The number of rotatable bonds is 36. The number of ether oxygens (including phenoxy) is 3.